The molecule has 0 aliphatic heterocycles. The first-order valence-corrected chi connectivity index (χ1v) is 9.37. The number of carbonyl (C=O) groups excluding carboxylic acids is 1. The number of hydrogen-bond acceptors (Lipinski definition) is 5. The van der Waals surface area contributed by atoms with Crippen LogP contribution in [0.5, 0.6) is 0 Å². The van der Waals surface area contributed by atoms with Crippen LogP contribution in [0, 0.1) is 0 Å². The van der Waals surface area contributed by atoms with Gasteiger partial charge in [-0.05, 0) is 30.3 Å². The summed E-state index contributed by atoms with van der Waals surface area (Å²) in [5.74, 6) is -0.834. The smallest absolute Gasteiger partial charge is 0.370 e. The molecule has 0 saturated carbocycles. The molecule has 0 aliphatic carbocycles. The van der Waals surface area contributed by atoms with Crippen molar-refractivity contribution in [2.75, 3.05) is 16.5 Å². The summed E-state index contributed by atoms with van der Waals surface area (Å²) in [4.78, 5) is 16.5. The number of carbonyl (C=O) groups is 1. The van der Waals surface area contributed by atoms with Crippen molar-refractivity contribution in [3.05, 3.63) is 54.4 Å². The van der Waals surface area contributed by atoms with Crippen molar-refractivity contribution in [1.29, 1.82) is 0 Å². The van der Waals surface area contributed by atoms with Crippen LogP contribution in [0.2, 0.25) is 0 Å². The minimum atomic E-state index is -4.51. The number of nitrogens with one attached hydrogen (secondary N) is 2. The molecule has 3 rings (SSSR count). The van der Waals surface area contributed by atoms with E-state index in [0.29, 0.717) is 16.7 Å². The summed E-state index contributed by atoms with van der Waals surface area (Å²) in [7, 11) is -2.65. The zero-order valence-corrected chi connectivity index (χ0v) is 15.1. The van der Waals surface area contributed by atoms with Crippen LogP contribution in [0.25, 0.3) is 11.0 Å². The molecule has 3 aromatic rings. The molecule has 28 heavy (non-hydrogen) atoms. The Hall–Kier alpha value is -3.08. The van der Waals surface area contributed by atoms with Crippen LogP contribution in [0.15, 0.2) is 48.8 Å². The Morgan fingerprint density at radius 3 is 2.61 bits per heavy atom. The van der Waals surface area contributed by atoms with E-state index in [9.17, 15) is 26.4 Å². The molecule has 0 aliphatic rings. The van der Waals surface area contributed by atoms with Gasteiger partial charge in [0.2, 0.25) is 5.91 Å². The van der Waals surface area contributed by atoms with Gasteiger partial charge >= 0.3 is 6.18 Å². The number of hydrogen-bond donors (Lipinski definition) is 3. The quantitative estimate of drug-likeness (QED) is 0.542. The van der Waals surface area contributed by atoms with Crippen LogP contribution in [0.3, 0.4) is 0 Å². The number of benzene rings is 2. The van der Waals surface area contributed by atoms with E-state index in [1.165, 1.54) is 23.0 Å². The van der Waals surface area contributed by atoms with Crippen LogP contribution in [0.4, 0.5) is 24.5 Å². The molecule has 7 nitrogen and oxygen atoms in total. The Morgan fingerprint density at radius 1 is 1.14 bits per heavy atom. The van der Waals surface area contributed by atoms with Crippen molar-refractivity contribution in [2.45, 2.75) is 12.7 Å². The highest BCUT2D eigenvalue weighted by Gasteiger charge is 2.30. The summed E-state index contributed by atoms with van der Waals surface area (Å²) >= 11 is 0. The zero-order valence-electron chi connectivity index (χ0n) is 14.2. The van der Waals surface area contributed by atoms with Crippen LogP contribution in [0.1, 0.15) is 5.56 Å². The Kier molecular flexibility index (Phi) is 5.54. The summed E-state index contributed by atoms with van der Waals surface area (Å²) in [5.41, 5.74) is 0.681. The van der Waals surface area contributed by atoms with E-state index >= 15 is 0 Å². The first-order valence-electron chi connectivity index (χ1n) is 8.00. The van der Waals surface area contributed by atoms with Crippen molar-refractivity contribution in [2.24, 2.45) is 0 Å². The highest BCUT2D eigenvalue weighted by atomic mass is 32.2. The van der Waals surface area contributed by atoms with Crippen molar-refractivity contribution < 1.29 is 26.4 Å². The molecule has 1 aromatic heterocycles. The van der Waals surface area contributed by atoms with Gasteiger partial charge in [0.05, 0.1) is 28.6 Å². The molecule has 0 radical (unpaired) electrons. The fourth-order valence-corrected chi connectivity index (χ4v) is 2.97. The summed E-state index contributed by atoms with van der Waals surface area (Å²) in [6.07, 6.45) is -3.11. The summed E-state index contributed by atoms with van der Waals surface area (Å²) in [6, 6.07) is 9.35. The maximum absolute atomic E-state index is 12.8. The van der Waals surface area contributed by atoms with Crippen LogP contribution in [-0.2, 0) is 28.2 Å². The molecule has 0 fully saturated rings. The van der Waals surface area contributed by atoms with E-state index < -0.39 is 28.4 Å². The Bertz CT molecular complexity index is 1080. The largest absolute Gasteiger partial charge is 0.416 e. The fourth-order valence-electron chi connectivity index (χ4n) is 2.67. The van der Waals surface area contributed by atoms with Gasteiger partial charge in [-0.15, -0.1) is 0 Å². The second-order valence-corrected chi connectivity index (χ2v) is 6.82. The minimum absolute atomic E-state index is 0.0194. The molecule has 148 valence electrons. The lowest BCUT2D eigenvalue weighted by Crippen LogP contribution is -2.19. The van der Waals surface area contributed by atoms with Gasteiger partial charge in [-0.2, -0.15) is 13.2 Å². The number of imidazole rings is 1. The van der Waals surface area contributed by atoms with Gasteiger partial charge in [-0.25, -0.2) is 13.4 Å². The predicted molar refractivity (Wildman–Crippen MR) is 98.6 cm³/mol. The number of rotatable bonds is 6. The topological polar surface area (TPSA) is 93.1 Å². The third-order valence-corrected chi connectivity index (χ3v) is 4.24. The third kappa shape index (κ3) is 4.60. The van der Waals surface area contributed by atoms with Crippen molar-refractivity contribution in [3.63, 3.8) is 0 Å². The third-order valence-electron chi connectivity index (χ3n) is 3.82. The minimum Gasteiger partial charge on any atom is -0.370 e. The normalized spacial score (nSPS) is 11.7. The monoisotopic (exact) mass is 412 g/mol. The van der Waals surface area contributed by atoms with E-state index in [1.54, 1.807) is 18.2 Å². The highest BCUT2D eigenvalue weighted by molar-refractivity contribution is 7.72. The van der Waals surface area contributed by atoms with Crippen molar-refractivity contribution in [1.82, 2.24) is 9.55 Å². The molecule has 11 heteroatoms. The molecule has 2 aromatic carbocycles. The number of nitrogens with zero attached hydrogens (tertiary/aromatic N) is 2. The standard InChI is InChI=1S/C17H15F3N4O3S/c18-17(19,20)11-3-1-4-12(7-11)23-15(25)8-24-9-21-13-5-2-6-14(16(13)24)22-10-28(26)27/h1-7,9,22,28H,8,10H2,(H,23,25). The number of para-hydroxylation sites is 1. The number of alkyl halides is 3. The zero-order chi connectivity index (χ0) is 20.3. The summed E-state index contributed by atoms with van der Waals surface area (Å²) in [6.45, 7) is -0.213. The van der Waals surface area contributed by atoms with Gasteiger partial charge in [0.25, 0.3) is 0 Å². The van der Waals surface area contributed by atoms with Gasteiger partial charge in [-0.3, -0.25) is 4.79 Å². The molecule has 2 N–H and O–H groups in total. The van der Waals surface area contributed by atoms with Gasteiger partial charge in [-0.1, -0.05) is 12.1 Å². The molecule has 0 spiro atoms. The second kappa shape index (κ2) is 7.89. The summed E-state index contributed by atoms with van der Waals surface area (Å²) in [5, 5.41) is 5.17. The Morgan fingerprint density at radius 2 is 1.89 bits per heavy atom. The lowest BCUT2D eigenvalue weighted by Gasteiger charge is -2.11. The second-order valence-electron chi connectivity index (χ2n) is 5.84. The van der Waals surface area contributed by atoms with E-state index in [-0.39, 0.29) is 18.1 Å². The van der Waals surface area contributed by atoms with Crippen LogP contribution in [-0.4, -0.2) is 29.8 Å². The van der Waals surface area contributed by atoms with Gasteiger partial charge in [0.15, 0.2) is 10.7 Å². The molecule has 1 heterocycles. The maximum Gasteiger partial charge on any atom is 0.416 e. The summed E-state index contributed by atoms with van der Waals surface area (Å²) < 4.78 is 61.5. The van der Waals surface area contributed by atoms with Crippen LogP contribution >= 0.6 is 0 Å². The number of amides is 1. The number of fused-ring (bicyclic) bond motifs is 1. The predicted octanol–water partition coefficient (Wildman–Crippen LogP) is 2.67. The van der Waals surface area contributed by atoms with E-state index in [0.717, 1.165) is 12.1 Å². The van der Waals surface area contributed by atoms with Gasteiger partial charge < -0.3 is 15.2 Å². The van der Waals surface area contributed by atoms with Crippen molar-refractivity contribution >= 4 is 39.0 Å². The first kappa shape index (κ1) is 19.7. The molecular weight excluding hydrogens is 397 g/mol. The van der Waals surface area contributed by atoms with E-state index in [2.05, 4.69) is 15.6 Å². The molecule has 0 bridgehead atoms. The highest BCUT2D eigenvalue weighted by Crippen LogP contribution is 2.30. The molecule has 1 amide bonds. The van der Waals surface area contributed by atoms with Crippen LogP contribution < -0.4 is 10.6 Å². The van der Waals surface area contributed by atoms with Crippen molar-refractivity contribution in [3.8, 4) is 0 Å². The lowest BCUT2D eigenvalue weighted by molar-refractivity contribution is -0.137. The molecule has 0 unspecified atom stereocenters. The first-order chi connectivity index (χ1) is 13.2. The Labute approximate surface area is 159 Å². The Balaban J connectivity index is 1.80. The number of anilines is 2. The van der Waals surface area contributed by atoms with Gasteiger partial charge in [0.1, 0.15) is 12.4 Å². The molecule has 0 atom stereocenters. The lowest BCUT2D eigenvalue weighted by atomic mass is 10.2. The molecule has 0 saturated heterocycles. The maximum atomic E-state index is 12.8. The number of thiol groups is 1. The van der Waals surface area contributed by atoms with E-state index in [4.69, 9.17) is 0 Å². The average molecular weight is 412 g/mol. The SMILES string of the molecule is O=C(Cn1cnc2cccc(NC[SH](=O)=O)c21)Nc1cccc(C(F)(F)F)c1. The van der Waals surface area contributed by atoms with E-state index in [1.807, 2.05) is 0 Å². The van der Waals surface area contributed by atoms with Gasteiger partial charge in [0, 0.05) is 5.69 Å². The average Bonchev–Trinajstić information content (AvgIpc) is 3.03. The number of halogens is 3. The number of aromatic nitrogens is 2. The molecular formula is C17H15F3N4O3S. The fraction of sp³-hybridized carbons (Fsp3) is 0.176.